The molecule has 174 valence electrons. The zero-order chi connectivity index (χ0) is 23.8. The zero-order valence-corrected chi connectivity index (χ0v) is 20.2. The second-order valence-electron chi connectivity index (χ2n) is 7.48. The summed E-state index contributed by atoms with van der Waals surface area (Å²) in [6, 6.07) is 20.6. The van der Waals surface area contributed by atoms with Crippen LogP contribution < -0.4 is 14.4 Å². The van der Waals surface area contributed by atoms with E-state index in [-0.39, 0.29) is 17.3 Å². The quantitative estimate of drug-likeness (QED) is 0.454. The van der Waals surface area contributed by atoms with Gasteiger partial charge in [-0.2, -0.15) is 0 Å². The van der Waals surface area contributed by atoms with Crippen molar-refractivity contribution < 1.29 is 17.9 Å². The van der Waals surface area contributed by atoms with E-state index in [4.69, 9.17) is 16.3 Å². The van der Waals surface area contributed by atoms with Crippen molar-refractivity contribution in [3.8, 4) is 5.75 Å². The number of hydrogen-bond donors (Lipinski definition) is 1. The highest BCUT2D eigenvalue weighted by Gasteiger charge is 2.27. The van der Waals surface area contributed by atoms with Gasteiger partial charge in [0.1, 0.15) is 12.3 Å². The lowest BCUT2D eigenvalue weighted by atomic mass is 10.1. The predicted molar refractivity (Wildman–Crippen MR) is 131 cm³/mol. The van der Waals surface area contributed by atoms with Gasteiger partial charge >= 0.3 is 0 Å². The minimum Gasteiger partial charge on any atom is -0.494 e. The number of nitrogens with one attached hydrogen (secondary N) is 1. The summed E-state index contributed by atoms with van der Waals surface area (Å²) in [6.45, 7) is 4.30. The maximum Gasteiger partial charge on any atom is 0.264 e. The number of ether oxygens (including phenoxy) is 1. The van der Waals surface area contributed by atoms with Gasteiger partial charge in [-0.25, -0.2) is 8.42 Å². The van der Waals surface area contributed by atoms with Gasteiger partial charge in [0.2, 0.25) is 5.91 Å². The van der Waals surface area contributed by atoms with Gasteiger partial charge in [-0.1, -0.05) is 41.4 Å². The molecule has 3 aromatic carbocycles. The number of rotatable bonds is 10. The highest BCUT2D eigenvalue weighted by molar-refractivity contribution is 7.92. The molecule has 0 saturated heterocycles. The summed E-state index contributed by atoms with van der Waals surface area (Å²) in [5.74, 6) is 0.192. The lowest BCUT2D eigenvalue weighted by Crippen LogP contribution is -2.41. The molecule has 0 radical (unpaired) electrons. The van der Waals surface area contributed by atoms with Crippen molar-refractivity contribution >= 4 is 33.2 Å². The van der Waals surface area contributed by atoms with E-state index in [1.165, 1.54) is 12.1 Å². The van der Waals surface area contributed by atoms with Crippen molar-refractivity contribution in [1.82, 2.24) is 5.32 Å². The van der Waals surface area contributed by atoms with Crippen LogP contribution >= 0.6 is 11.6 Å². The Labute approximate surface area is 200 Å². The number of benzene rings is 3. The number of carbonyl (C=O) groups is 1. The second kappa shape index (κ2) is 11.2. The van der Waals surface area contributed by atoms with Gasteiger partial charge in [0, 0.05) is 11.6 Å². The highest BCUT2D eigenvalue weighted by Crippen LogP contribution is 2.25. The van der Waals surface area contributed by atoms with Gasteiger partial charge in [0.25, 0.3) is 10.0 Å². The van der Waals surface area contributed by atoms with Crippen LogP contribution in [-0.2, 0) is 21.2 Å². The SMILES string of the molecule is CCOc1ccc(S(=O)(=O)N(CC(=O)NCCc2ccc(Cl)cc2)c2ccc(C)cc2)cc1. The Morgan fingerprint density at radius 3 is 2.21 bits per heavy atom. The molecular formula is C25H27ClN2O4S. The number of nitrogens with zero attached hydrogens (tertiary/aromatic N) is 1. The molecule has 0 atom stereocenters. The van der Waals surface area contributed by atoms with Crippen LogP contribution in [0.25, 0.3) is 0 Å². The van der Waals surface area contributed by atoms with Gasteiger partial charge in [-0.15, -0.1) is 0 Å². The largest absolute Gasteiger partial charge is 0.494 e. The first-order chi connectivity index (χ1) is 15.8. The molecule has 1 amide bonds. The fourth-order valence-electron chi connectivity index (χ4n) is 3.21. The number of halogens is 1. The van der Waals surface area contributed by atoms with Crippen molar-refractivity contribution in [3.05, 3.63) is 88.9 Å². The summed E-state index contributed by atoms with van der Waals surface area (Å²) >= 11 is 5.90. The highest BCUT2D eigenvalue weighted by atomic mass is 35.5. The Hall–Kier alpha value is -3.03. The van der Waals surface area contributed by atoms with E-state index < -0.39 is 10.0 Å². The summed E-state index contributed by atoms with van der Waals surface area (Å²) in [7, 11) is -3.97. The van der Waals surface area contributed by atoms with E-state index in [9.17, 15) is 13.2 Å². The Balaban J connectivity index is 1.76. The molecule has 0 unspecified atom stereocenters. The Bertz CT molecular complexity index is 1160. The average molecular weight is 487 g/mol. The Morgan fingerprint density at radius 1 is 0.970 bits per heavy atom. The molecule has 6 nitrogen and oxygen atoms in total. The van der Waals surface area contributed by atoms with E-state index >= 15 is 0 Å². The van der Waals surface area contributed by atoms with Gasteiger partial charge in [0.15, 0.2) is 0 Å². The summed E-state index contributed by atoms with van der Waals surface area (Å²) in [5.41, 5.74) is 2.43. The average Bonchev–Trinajstić information content (AvgIpc) is 2.80. The molecule has 0 aliphatic heterocycles. The van der Waals surface area contributed by atoms with E-state index in [1.54, 1.807) is 36.4 Å². The van der Waals surface area contributed by atoms with Crippen LogP contribution in [0.4, 0.5) is 5.69 Å². The standard InChI is InChI=1S/C25H27ClN2O4S/c1-3-32-23-12-14-24(15-13-23)33(30,31)28(22-10-4-19(2)5-11-22)18-25(29)27-17-16-20-6-8-21(26)9-7-20/h4-15H,3,16-18H2,1-2H3,(H,27,29). The lowest BCUT2D eigenvalue weighted by molar-refractivity contribution is -0.119. The number of anilines is 1. The topological polar surface area (TPSA) is 75.7 Å². The van der Waals surface area contributed by atoms with Crippen molar-refractivity contribution in [2.45, 2.75) is 25.2 Å². The van der Waals surface area contributed by atoms with E-state index in [2.05, 4.69) is 5.32 Å². The first-order valence-electron chi connectivity index (χ1n) is 10.6. The summed E-state index contributed by atoms with van der Waals surface area (Å²) in [6.07, 6.45) is 0.610. The predicted octanol–water partition coefficient (Wildman–Crippen LogP) is 4.60. The van der Waals surface area contributed by atoms with Crippen LogP contribution in [0, 0.1) is 6.92 Å². The van der Waals surface area contributed by atoms with E-state index in [1.807, 2.05) is 38.1 Å². The van der Waals surface area contributed by atoms with E-state index in [0.717, 1.165) is 15.4 Å². The minimum absolute atomic E-state index is 0.0838. The fraction of sp³-hybridized carbons (Fsp3) is 0.240. The third-order valence-electron chi connectivity index (χ3n) is 4.98. The molecule has 8 heteroatoms. The number of sulfonamides is 1. The molecule has 0 heterocycles. The lowest BCUT2D eigenvalue weighted by Gasteiger charge is -2.24. The first kappa shape index (κ1) is 24.6. The molecule has 0 saturated carbocycles. The molecule has 0 spiro atoms. The van der Waals surface area contributed by atoms with Crippen LogP contribution in [0.2, 0.25) is 5.02 Å². The third-order valence-corrected chi connectivity index (χ3v) is 7.02. The van der Waals surface area contributed by atoms with Crippen molar-refractivity contribution in [2.24, 2.45) is 0 Å². The molecule has 0 bridgehead atoms. The van der Waals surface area contributed by atoms with Crippen LogP contribution in [0.5, 0.6) is 5.75 Å². The molecule has 0 aliphatic rings. The van der Waals surface area contributed by atoms with Gasteiger partial charge in [-0.3, -0.25) is 9.10 Å². The van der Waals surface area contributed by atoms with Gasteiger partial charge < -0.3 is 10.1 Å². The Kier molecular flexibility index (Phi) is 8.36. The molecule has 1 N–H and O–H groups in total. The normalized spacial score (nSPS) is 11.1. The van der Waals surface area contributed by atoms with E-state index in [0.29, 0.717) is 36.0 Å². The zero-order valence-electron chi connectivity index (χ0n) is 18.6. The second-order valence-corrected chi connectivity index (χ2v) is 9.78. The summed E-state index contributed by atoms with van der Waals surface area (Å²) in [5, 5.41) is 3.46. The molecule has 0 aliphatic carbocycles. The molecule has 3 rings (SSSR count). The number of amides is 1. The van der Waals surface area contributed by atoms with Gasteiger partial charge in [0.05, 0.1) is 17.2 Å². The fourth-order valence-corrected chi connectivity index (χ4v) is 4.76. The number of carbonyl (C=O) groups excluding carboxylic acids is 1. The maximum absolute atomic E-state index is 13.4. The monoisotopic (exact) mass is 486 g/mol. The smallest absolute Gasteiger partial charge is 0.264 e. The number of hydrogen-bond acceptors (Lipinski definition) is 4. The van der Waals surface area contributed by atoms with Gasteiger partial charge in [-0.05, 0) is 74.4 Å². The molecule has 0 fully saturated rings. The van der Waals surface area contributed by atoms with Crippen LogP contribution in [-0.4, -0.2) is 34.0 Å². The third kappa shape index (κ3) is 6.73. The molecule has 33 heavy (non-hydrogen) atoms. The summed E-state index contributed by atoms with van der Waals surface area (Å²) < 4.78 is 33.4. The Morgan fingerprint density at radius 2 is 1.61 bits per heavy atom. The maximum atomic E-state index is 13.4. The van der Waals surface area contributed by atoms with Crippen LogP contribution in [0.1, 0.15) is 18.1 Å². The van der Waals surface area contributed by atoms with Crippen LogP contribution in [0.15, 0.2) is 77.7 Å². The number of aryl methyl sites for hydroxylation is 1. The first-order valence-corrected chi connectivity index (χ1v) is 12.4. The molecule has 0 aromatic heterocycles. The van der Waals surface area contributed by atoms with Crippen molar-refractivity contribution in [3.63, 3.8) is 0 Å². The van der Waals surface area contributed by atoms with Crippen molar-refractivity contribution in [2.75, 3.05) is 24.0 Å². The van der Waals surface area contributed by atoms with Crippen molar-refractivity contribution in [1.29, 1.82) is 0 Å². The minimum atomic E-state index is -3.97. The van der Waals surface area contributed by atoms with Crippen LogP contribution in [0.3, 0.4) is 0 Å². The molecular weight excluding hydrogens is 460 g/mol. The summed E-state index contributed by atoms with van der Waals surface area (Å²) in [4.78, 5) is 12.8. The molecule has 3 aromatic rings.